The molecule has 0 spiro atoms. The van der Waals surface area contributed by atoms with Gasteiger partial charge in [0.15, 0.2) is 12.7 Å². The zero-order valence-electron chi connectivity index (χ0n) is 15.4. The van der Waals surface area contributed by atoms with Crippen molar-refractivity contribution in [1.82, 2.24) is 10.9 Å². The summed E-state index contributed by atoms with van der Waals surface area (Å²) in [4.78, 5) is 23.9. The molecule has 0 fully saturated rings. The van der Waals surface area contributed by atoms with Crippen LogP contribution in [0.15, 0.2) is 42.5 Å². The maximum Gasteiger partial charge on any atom is 0.279 e. The Kier molecular flexibility index (Phi) is 6.78. The number of rotatable bonds is 6. The predicted molar refractivity (Wildman–Crippen MR) is 98.9 cm³/mol. The normalized spacial score (nSPS) is 11.0. The largest absolute Gasteiger partial charge is 0.484 e. The number of nitrogens with one attached hydrogen (secondary N) is 2. The van der Waals surface area contributed by atoms with Crippen LogP contribution in [0, 0.1) is 25.2 Å². The van der Waals surface area contributed by atoms with Gasteiger partial charge in [-0.2, -0.15) is 5.26 Å². The molecule has 0 radical (unpaired) electrons. The topological polar surface area (TPSA) is 100 Å². The summed E-state index contributed by atoms with van der Waals surface area (Å²) in [6.07, 6.45) is -0.787. The summed E-state index contributed by atoms with van der Waals surface area (Å²) in [7, 11) is 0. The van der Waals surface area contributed by atoms with Crippen molar-refractivity contribution in [3.63, 3.8) is 0 Å². The Hall–Kier alpha value is -3.53. The summed E-state index contributed by atoms with van der Waals surface area (Å²) < 4.78 is 10.9. The molecule has 0 aliphatic rings. The fourth-order valence-corrected chi connectivity index (χ4v) is 2.14. The quantitative estimate of drug-likeness (QED) is 0.762. The number of ether oxygens (including phenoxy) is 2. The highest BCUT2D eigenvalue weighted by Gasteiger charge is 2.16. The van der Waals surface area contributed by atoms with Gasteiger partial charge in [-0.3, -0.25) is 20.4 Å². The molecule has 0 aliphatic carbocycles. The molecular weight excluding hydrogens is 346 g/mol. The first-order valence-electron chi connectivity index (χ1n) is 8.35. The van der Waals surface area contributed by atoms with Gasteiger partial charge in [-0.15, -0.1) is 0 Å². The first-order valence-corrected chi connectivity index (χ1v) is 8.35. The van der Waals surface area contributed by atoms with Crippen molar-refractivity contribution in [2.24, 2.45) is 0 Å². The highest BCUT2D eigenvalue weighted by atomic mass is 16.5. The number of carbonyl (C=O) groups excluding carboxylic acids is 2. The number of hydrogen-bond acceptors (Lipinski definition) is 5. The average Bonchev–Trinajstić information content (AvgIpc) is 2.68. The van der Waals surface area contributed by atoms with Crippen molar-refractivity contribution in [3.8, 4) is 17.6 Å². The van der Waals surface area contributed by atoms with Crippen LogP contribution in [0.3, 0.4) is 0 Å². The first kappa shape index (κ1) is 19.8. The molecule has 2 aromatic carbocycles. The molecule has 1 atom stereocenters. The lowest BCUT2D eigenvalue weighted by atomic mass is 10.1. The van der Waals surface area contributed by atoms with Gasteiger partial charge in [0.2, 0.25) is 0 Å². The number of hydrogen-bond donors (Lipinski definition) is 2. The van der Waals surface area contributed by atoms with Gasteiger partial charge in [-0.1, -0.05) is 12.1 Å². The van der Waals surface area contributed by atoms with E-state index < -0.39 is 17.9 Å². The van der Waals surface area contributed by atoms with Gasteiger partial charge in [-0.25, -0.2) is 0 Å². The van der Waals surface area contributed by atoms with Crippen LogP contribution in [-0.2, 0) is 9.59 Å². The number of aryl methyl sites for hydroxylation is 1. The molecule has 140 valence electrons. The van der Waals surface area contributed by atoms with E-state index in [9.17, 15) is 9.59 Å². The fraction of sp³-hybridized carbons (Fsp3) is 0.250. The summed E-state index contributed by atoms with van der Waals surface area (Å²) in [6.45, 7) is 5.19. The third-order valence-electron chi connectivity index (χ3n) is 3.91. The second kappa shape index (κ2) is 9.25. The van der Waals surface area contributed by atoms with Crippen molar-refractivity contribution < 1.29 is 19.1 Å². The SMILES string of the molecule is Cc1cccc(O[C@@H](C)C(=O)NNC(=O)COc2ccc(C#N)cc2)c1C. The van der Waals surface area contributed by atoms with Gasteiger partial charge in [-0.05, 0) is 62.2 Å². The van der Waals surface area contributed by atoms with Gasteiger partial charge in [0, 0.05) is 0 Å². The van der Waals surface area contributed by atoms with Crippen LogP contribution in [0.1, 0.15) is 23.6 Å². The Bertz CT molecular complexity index is 857. The zero-order valence-corrected chi connectivity index (χ0v) is 15.4. The molecule has 7 heteroatoms. The number of nitrogens with zero attached hydrogens (tertiary/aromatic N) is 1. The van der Waals surface area contributed by atoms with E-state index in [0.717, 1.165) is 11.1 Å². The fourth-order valence-electron chi connectivity index (χ4n) is 2.14. The van der Waals surface area contributed by atoms with E-state index in [2.05, 4.69) is 10.9 Å². The molecule has 7 nitrogen and oxygen atoms in total. The van der Waals surface area contributed by atoms with Gasteiger partial charge in [0.05, 0.1) is 11.6 Å². The van der Waals surface area contributed by atoms with Gasteiger partial charge < -0.3 is 9.47 Å². The Labute approximate surface area is 157 Å². The van der Waals surface area contributed by atoms with Crippen LogP contribution in [-0.4, -0.2) is 24.5 Å². The maximum atomic E-state index is 12.1. The van der Waals surface area contributed by atoms with Gasteiger partial charge in [0.1, 0.15) is 11.5 Å². The number of benzene rings is 2. The summed E-state index contributed by atoms with van der Waals surface area (Å²) in [5, 5.41) is 8.73. The van der Waals surface area contributed by atoms with Crippen LogP contribution >= 0.6 is 0 Å². The van der Waals surface area contributed by atoms with Crippen LogP contribution in [0.2, 0.25) is 0 Å². The molecule has 0 aromatic heterocycles. The minimum Gasteiger partial charge on any atom is -0.484 e. The van der Waals surface area contributed by atoms with Gasteiger partial charge >= 0.3 is 0 Å². The molecule has 2 amide bonds. The standard InChI is InChI=1S/C20H21N3O4/c1-13-5-4-6-18(14(13)2)27-15(3)20(25)23-22-19(24)12-26-17-9-7-16(11-21)8-10-17/h4-10,15H,12H2,1-3H3,(H,22,24)(H,23,25)/t15-/m0/s1. The van der Waals surface area contributed by atoms with Crippen molar-refractivity contribution in [3.05, 3.63) is 59.2 Å². The summed E-state index contributed by atoms with van der Waals surface area (Å²) in [5.41, 5.74) is 7.09. The van der Waals surface area contributed by atoms with Crippen molar-refractivity contribution in [2.75, 3.05) is 6.61 Å². The molecule has 0 aliphatic heterocycles. The molecule has 2 N–H and O–H groups in total. The number of hydrazine groups is 1. The Morgan fingerprint density at radius 3 is 2.48 bits per heavy atom. The van der Waals surface area contributed by atoms with Crippen LogP contribution < -0.4 is 20.3 Å². The molecule has 0 unspecified atom stereocenters. The molecule has 0 saturated carbocycles. The zero-order chi connectivity index (χ0) is 19.8. The van der Waals surface area contributed by atoms with Crippen molar-refractivity contribution in [1.29, 1.82) is 5.26 Å². The van der Waals surface area contributed by atoms with Crippen LogP contribution in [0.5, 0.6) is 11.5 Å². The third-order valence-corrected chi connectivity index (χ3v) is 3.91. The predicted octanol–water partition coefficient (Wildman–Crippen LogP) is 2.17. The Morgan fingerprint density at radius 2 is 1.81 bits per heavy atom. The highest BCUT2D eigenvalue weighted by molar-refractivity contribution is 5.85. The summed E-state index contributed by atoms with van der Waals surface area (Å²) in [5.74, 6) is 0.0597. The average molecular weight is 367 g/mol. The van der Waals surface area contributed by atoms with Crippen LogP contribution in [0.4, 0.5) is 0 Å². The van der Waals surface area contributed by atoms with E-state index >= 15 is 0 Å². The first-order chi connectivity index (χ1) is 12.9. The van der Waals surface area contributed by atoms with E-state index in [1.807, 2.05) is 32.0 Å². The lowest BCUT2D eigenvalue weighted by Gasteiger charge is -2.17. The minimum atomic E-state index is -0.787. The molecule has 2 aromatic rings. The number of carbonyl (C=O) groups is 2. The van der Waals surface area contributed by atoms with E-state index in [1.54, 1.807) is 37.3 Å². The van der Waals surface area contributed by atoms with Crippen LogP contribution in [0.25, 0.3) is 0 Å². The second-order valence-electron chi connectivity index (χ2n) is 5.92. The Balaban J connectivity index is 1.77. The third kappa shape index (κ3) is 5.75. The molecule has 2 rings (SSSR count). The molecule has 0 bridgehead atoms. The number of nitriles is 1. The molecular formula is C20H21N3O4. The van der Waals surface area contributed by atoms with Crippen molar-refractivity contribution >= 4 is 11.8 Å². The van der Waals surface area contributed by atoms with E-state index in [-0.39, 0.29) is 6.61 Å². The molecule has 27 heavy (non-hydrogen) atoms. The van der Waals surface area contributed by atoms with E-state index in [0.29, 0.717) is 17.1 Å². The smallest absolute Gasteiger partial charge is 0.279 e. The maximum absolute atomic E-state index is 12.1. The highest BCUT2D eigenvalue weighted by Crippen LogP contribution is 2.21. The van der Waals surface area contributed by atoms with E-state index in [4.69, 9.17) is 14.7 Å². The van der Waals surface area contributed by atoms with Crippen molar-refractivity contribution in [2.45, 2.75) is 26.9 Å². The molecule has 0 heterocycles. The second-order valence-corrected chi connectivity index (χ2v) is 5.92. The monoisotopic (exact) mass is 367 g/mol. The van der Waals surface area contributed by atoms with Gasteiger partial charge in [0.25, 0.3) is 11.8 Å². The lowest BCUT2D eigenvalue weighted by molar-refractivity contribution is -0.133. The van der Waals surface area contributed by atoms with E-state index in [1.165, 1.54) is 0 Å². The number of amides is 2. The minimum absolute atomic E-state index is 0.279. The Morgan fingerprint density at radius 1 is 1.11 bits per heavy atom. The summed E-state index contributed by atoms with van der Waals surface area (Å²) in [6, 6.07) is 13.9. The summed E-state index contributed by atoms with van der Waals surface area (Å²) >= 11 is 0. The molecule has 0 saturated heterocycles. The lowest BCUT2D eigenvalue weighted by Crippen LogP contribution is -2.48.